The second kappa shape index (κ2) is 8.99. The standard InChI is InChI=1S/C23H25N5O3/c1-2-10-25-23(31)28-20(15-4-3-5-15)14-19(27-28)18-7-6-17(13-21(18)29)26-22(30)16-8-11-24-12-9-16/h6-9,11-15,29H,2-5,10H2,1H3,(H,25,31)(H,26,30). The van der Waals surface area contributed by atoms with E-state index in [1.807, 2.05) is 13.0 Å². The number of carbonyl (C=O) groups excluding carboxylic acids is 2. The van der Waals surface area contributed by atoms with Gasteiger partial charge in [-0.05, 0) is 49.6 Å². The van der Waals surface area contributed by atoms with Crippen molar-refractivity contribution in [1.82, 2.24) is 20.1 Å². The number of phenolic OH excluding ortho intramolecular Hbond substituents is 1. The average molecular weight is 419 g/mol. The summed E-state index contributed by atoms with van der Waals surface area (Å²) in [5, 5.41) is 20.7. The first-order chi connectivity index (χ1) is 15.1. The van der Waals surface area contributed by atoms with E-state index in [4.69, 9.17) is 0 Å². The molecule has 1 aliphatic carbocycles. The molecule has 3 N–H and O–H groups in total. The monoisotopic (exact) mass is 419 g/mol. The summed E-state index contributed by atoms with van der Waals surface area (Å²) in [6.45, 7) is 2.57. The first-order valence-corrected chi connectivity index (χ1v) is 10.5. The van der Waals surface area contributed by atoms with Crippen LogP contribution in [0.2, 0.25) is 0 Å². The van der Waals surface area contributed by atoms with Crippen LogP contribution in [-0.2, 0) is 0 Å². The number of nitrogens with zero attached hydrogens (tertiary/aromatic N) is 3. The molecule has 0 radical (unpaired) electrons. The summed E-state index contributed by atoms with van der Waals surface area (Å²) >= 11 is 0. The molecule has 1 saturated carbocycles. The number of nitrogens with one attached hydrogen (secondary N) is 2. The van der Waals surface area contributed by atoms with Crippen molar-refractivity contribution in [3.8, 4) is 17.0 Å². The van der Waals surface area contributed by atoms with Gasteiger partial charge in [-0.25, -0.2) is 4.79 Å². The molecule has 0 saturated heterocycles. The Morgan fingerprint density at radius 3 is 2.58 bits per heavy atom. The summed E-state index contributed by atoms with van der Waals surface area (Å²) in [6.07, 6.45) is 7.12. The van der Waals surface area contributed by atoms with Crippen LogP contribution in [0.4, 0.5) is 10.5 Å². The Hall–Kier alpha value is -3.68. The quantitative estimate of drug-likeness (QED) is 0.556. The average Bonchev–Trinajstić information content (AvgIpc) is 3.16. The zero-order valence-corrected chi connectivity index (χ0v) is 17.3. The summed E-state index contributed by atoms with van der Waals surface area (Å²) in [5.41, 5.74) is 2.83. The van der Waals surface area contributed by atoms with Gasteiger partial charge in [0.25, 0.3) is 5.91 Å². The molecule has 0 atom stereocenters. The molecule has 8 heteroatoms. The Morgan fingerprint density at radius 2 is 1.94 bits per heavy atom. The van der Waals surface area contributed by atoms with Gasteiger partial charge in [0.05, 0.1) is 11.4 Å². The first kappa shape index (κ1) is 20.6. The largest absolute Gasteiger partial charge is 0.507 e. The van der Waals surface area contributed by atoms with E-state index in [0.29, 0.717) is 35.0 Å². The topological polar surface area (TPSA) is 109 Å². The predicted molar refractivity (Wildman–Crippen MR) is 117 cm³/mol. The maximum absolute atomic E-state index is 12.6. The van der Waals surface area contributed by atoms with Crippen molar-refractivity contribution in [2.75, 3.05) is 11.9 Å². The highest BCUT2D eigenvalue weighted by atomic mass is 16.3. The number of phenols is 1. The number of amides is 2. The zero-order chi connectivity index (χ0) is 21.8. The van der Waals surface area contributed by atoms with Gasteiger partial charge in [-0.1, -0.05) is 13.3 Å². The maximum atomic E-state index is 12.6. The van der Waals surface area contributed by atoms with Crippen LogP contribution >= 0.6 is 0 Å². The Balaban J connectivity index is 1.58. The molecule has 0 spiro atoms. The van der Waals surface area contributed by atoms with Gasteiger partial charge in [0.15, 0.2) is 0 Å². The van der Waals surface area contributed by atoms with E-state index in [-0.39, 0.29) is 17.7 Å². The third-order valence-electron chi connectivity index (χ3n) is 5.45. The van der Waals surface area contributed by atoms with E-state index < -0.39 is 0 Å². The van der Waals surface area contributed by atoms with E-state index in [0.717, 1.165) is 31.4 Å². The number of carbonyl (C=O) groups is 2. The second-order valence-electron chi connectivity index (χ2n) is 7.65. The number of aromatic hydroxyl groups is 1. The number of anilines is 1. The molecule has 2 amide bonds. The third kappa shape index (κ3) is 4.42. The van der Waals surface area contributed by atoms with Crippen LogP contribution in [-0.4, -0.2) is 38.4 Å². The van der Waals surface area contributed by atoms with Crippen molar-refractivity contribution in [1.29, 1.82) is 0 Å². The van der Waals surface area contributed by atoms with Crippen LogP contribution in [0.1, 0.15) is 54.6 Å². The Labute approximate surface area is 180 Å². The van der Waals surface area contributed by atoms with Crippen molar-refractivity contribution in [2.24, 2.45) is 0 Å². The van der Waals surface area contributed by atoms with Crippen molar-refractivity contribution in [3.63, 3.8) is 0 Å². The van der Waals surface area contributed by atoms with Gasteiger partial charge in [-0.2, -0.15) is 9.78 Å². The Kier molecular flexibility index (Phi) is 5.97. The smallest absolute Gasteiger partial charge is 0.342 e. The summed E-state index contributed by atoms with van der Waals surface area (Å²) in [5.74, 6) is -0.0142. The summed E-state index contributed by atoms with van der Waals surface area (Å²) < 4.78 is 1.42. The number of hydrogen-bond acceptors (Lipinski definition) is 5. The molecule has 31 heavy (non-hydrogen) atoms. The van der Waals surface area contributed by atoms with Crippen LogP contribution in [0.3, 0.4) is 0 Å². The SMILES string of the molecule is CCCNC(=O)n1nc(-c2ccc(NC(=O)c3ccncc3)cc2O)cc1C1CCC1. The zero-order valence-electron chi connectivity index (χ0n) is 17.3. The molecule has 0 bridgehead atoms. The summed E-state index contributed by atoms with van der Waals surface area (Å²) in [4.78, 5) is 28.8. The van der Waals surface area contributed by atoms with Gasteiger partial charge in [-0.3, -0.25) is 9.78 Å². The second-order valence-corrected chi connectivity index (χ2v) is 7.65. The molecular weight excluding hydrogens is 394 g/mol. The van der Waals surface area contributed by atoms with Crippen LogP contribution in [0.25, 0.3) is 11.3 Å². The number of benzene rings is 1. The fourth-order valence-electron chi connectivity index (χ4n) is 3.52. The van der Waals surface area contributed by atoms with Gasteiger partial charge in [0.1, 0.15) is 5.75 Å². The molecule has 2 aromatic heterocycles. The van der Waals surface area contributed by atoms with E-state index in [1.165, 1.54) is 10.7 Å². The molecular formula is C23H25N5O3. The third-order valence-corrected chi connectivity index (χ3v) is 5.45. The van der Waals surface area contributed by atoms with Gasteiger partial charge >= 0.3 is 6.03 Å². The molecule has 2 heterocycles. The molecule has 160 valence electrons. The van der Waals surface area contributed by atoms with Gasteiger partial charge in [0, 0.05) is 47.7 Å². The predicted octanol–water partition coefficient (Wildman–Crippen LogP) is 4.14. The lowest BCUT2D eigenvalue weighted by Gasteiger charge is -2.25. The van der Waals surface area contributed by atoms with Crippen LogP contribution in [0, 0.1) is 0 Å². The van der Waals surface area contributed by atoms with Gasteiger partial charge < -0.3 is 15.7 Å². The molecule has 4 rings (SSSR count). The van der Waals surface area contributed by atoms with E-state index in [1.54, 1.807) is 36.7 Å². The summed E-state index contributed by atoms with van der Waals surface area (Å²) in [7, 11) is 0. The van der Waals surface area contributed by atoms with E-state index in [9.17, 15) is 14.7 Å². The fraction of sp³-hybridized carbons (Fsp3) is 0.304. The number of aromatic nitrogens is 3. The van der Waals surface area contributed by atoms with E-state index in [2.05, 4.69) is 20.7 Å². The van der Waals surface area contributed by atoms with Crippen molar-refractivity contribution in [2.45, 2.75) is 38.5 Å². The minimum atomic E-state index is -0.293. The Bertz CT molecular complexity index is 1090. The van der Waals surface area contributed by atoms with Crippen molar-refractivity contribution < 1.29 is 14.7 Å². The summed E-state index contributed by atoms with van der Waals surface area (Å²) in [6, 6.07) is 9.72. The number of pyridine rings is 1. The highest BCUT2D eigenvalue weighted by Crippen LogP contribution is 2.39. The number of rotatable bonds is 6. The highest BCUT2D eigenvalue weighted by Gasteiger charge is 2.27. The highest BCUT2D eigenvalue weighted by molar-refractivity contribution is 6.04. The number of hydrogen-bond donors (Lipinski definition) is 3. The van der Waals surface area contributed by atoms with Gasteiger partial charge in [-0.15, -0.1) is 0 Å². The van der Waals surface area contributed by atoms with Crippen LogP contribution in [0.5, 0.6) is 5.75 Å². The lowest BCUT2D eigenvalue weighted by molar-refractivity contribution is 0.102. The maximum Gasteiger partial charge on any atom is 0.342 e. The molecule has 0 aliphatic heterocycles. The minimum Gasteiger partial charge on any atom is -0.507 e. The molecule has 8 nitrogen and oxygen atoms in total. The first-order valence-electron chi connectivity index (χ1n) is 10.5. The molecule has 1 aromatic carbocycles. The van der Waals surface area contributed by atoms with Crippen molar-refractivity contribution >= 4 is 17.6 Å². The van der Waals surface area contributed by atoms with Gasteiger partial charge in [0.2, 0.25) is 0 Å². The molecule has 1 aliphatic rings. The Morgan fingerprint density at radius 1 is 1.16 bits per heavy atom. The molecule has 0 unspecified atom stereocenters. The fourth-order valence-corrected chi connectivity index (χ4v) is 3.52. The van der Waals surface area contributed by atoms with Crippen LogP contribution < -0.4 is 10.6 Å². The lowest BCUT2D eigenvalue weighted by Crippen LogP contribution is -2.32. The van der Waals surface area contributed by atoms with E-state index >= 15 is 0 Å². The minimum absolute atomic E-state index is 0.0219. The molecule has 1 fully saturated rings. The van der Waals surface area contributed by atoms with Crippen LogP contribution in [0.15, 0.2) is 48.8 Å². The van der Waals surface area contributed by atoms with Crippen molar-refractivity contribution in [3.05, 3.63) is 60.0 Å². The lowest BCUT2D eigenvalue weighted by atomic mass is 9.82. The normalized spacial score (nSPS) is 13.5. The molecule has 3 aromatic rings.